The molecule has 4 aromatic rings. The van der Waals surface area contributed by atoms with Gasteiger partial charge in [-0.05, 0) is 65.1 Å². The summed E-state index contributed by atoms with van der Waals surface area (Å²) in [7, 11) is 0. The number of tetrazole rings is 1. The topological polar surface area (TPSA) is 59.7 Å². The summed E-state index contributed by atoms with van der Waals surface area (Å²) in [5.41, 5.74) is 4.91. The van der Waals surface area contributed by atoms with Gasteiger partial charge in [-0.3, -0.25) is 4.98 Å². The van der Waals surface area contributed by atoms with Gasteiger partial charge in [0.2, 0.25) is 0 Å². The molecular formula is C25H26N6. The molecule has 0 amide bonds. The number of anilines is 1. The second kappa shape index (κ2) is 7.76. The minimum atomic E-state index is -0.0230. The van der Waals surface area contributed by atoms with Crippen molar-refractivity contribution in [2.45, 2.75) is 50.6 Å². The second-order valence-corrected chi connectivity index (χ2v) is 8.70. The number of benzene rings is 2. The first-order valence-corrected chi connectivity index (χ1v) is 11.4. The van der Waals surface area contributed by atoms with E-state index >= 15 is 0 Å². The molecule has 0 saturated heterocycles. The molecule has 6 heteroatoms. The molecule has 0 spiro atoms. The van der Waals surface area contributed by atoms with Gasteiger partial charge in [0.1, 0.15) is 6.04 Å². The Morgan fingerprint density at radius 3 is 2.77 bits per heavy atom. The van der Waals surface area contributed by atoms with Crippen LogP contribution in [-0.4, -0.2) is 31.7 Å². The molecule has 1 aliphatic heterocycles. The van der Waals surface area contributed by atoms with Crippen molar-refractivity contribution in [3.63, 3.8) is 0 Å². The van der Waals surface area contributed by atoms with E-state index in [2.05, 4.69) is 78.6 Å². The van der Waals surface area contributed by atoms with Crippen LogP contribution in [0.2, 0.25) is 0 Å². The first kappa shape index (κ1) is 18.5. The summed E-state index contributed by atoms with van der Waals surface area (Å²) in [6.07, 6.45) is 9.03. The minimum absolute atomic E-state index is 0.0230. The summed E-state index contributed by atoms with van der Waals surface area (Å²) in [6, 6.07) is 19.8. The molecule has 1 fully saturated rings. The molecule has 2 aromatic heterocycles. The molecule has 156 valence electrons. The lowest BCUT2D eigenvalue weighted by atomic mass is 9.95. The van der Waals surface area contributed by atoms with Gasteiger partial charge in [0.25, 0.3) is 0 Å². The van der Waals surface area contributed by atoms with E-state index in [4.69, 9.17) is 0 Å². The number of hydrogen-bond donors (Lipinski definition) is 0. The van der Waals surface area contributed by atoms with Crippen LogP contribution in [0.1, 0.15) is 61.1 Å². The molecule has 0 bridgehead atoms. The fourth-order valence-corrected chi connectivity index (χ4v) is 5.33. The van der Waals surface area contributed by atoms with E-state index in [9.17, 15) is 0 Å². The van der Waals surface area contributed by atoms with Crippen LogP contribution in [0.15, 0.2) is 60.8 Å². The molecule has 1 saturated carbocycles. The minimum Gasteiger partial charge on any atom is -0.357 e. The molecule has 1 aliphatic carbocycles. The molecule has 1 unspecified atom stereocenters. The van der Waals surface area contributed by atoms with Crippen molar-refractivity contribution in [2.75, 3.05) is 11.4 Å². The highest BCUT2D eigenvalue weighted by atomic mass is 15.6. The Kier molecular flexibility index (Phi) is 4.63. The Balaban J connectivity index is 1.50. The first-order valence-electron chi connectivity index (χ1n) is 11.4. The monoisotopic (exact) mass is 410 g/mol. The quantitative estimate of drug-likeness (QED) is 0.480. The molecule has 31 heavy (non-hydrogen) atoms. The molecule has 2 aromatic carbocycles. The number of pyridine rings is 1. The van der Waals surface area contributed by atoms with E-state index in [1.165, 1.54) is 36.1 Å². The van der Waals surface area contributed by atoms with Crippen LogP contribution in [0.4, 0.5) is 5.69 Å². The maximum atomic E-state index is 4.61. The molecule has 2 aliphatic rings. The van der Waals surface area contributed by atoms with Crippen LogP contribution >= 0.6 is 0 Å². The van der Waals surface area contributed by atoms with Gasteiger partial charge in [0.05, 0.1) is 11.6 Å². The summed E-state index contributed by atoms with van der Waals surface area (Å²) < 4.78 is 2.12. The van der Waals surface area contributed by atoms with Gasteiger partial charge in [-0.2, -0.15) is 0 Å². The zero-order valence-corrected chi connectivity index (χ0v) is 17.6. The summed E-state index contributed by atoms with van der Waals surface area (Å²) in [5, 5.41) is 14.4. The number of hydrogen-bond acceptors (Lipinski definition) is 5. The third kappa shape index (κ3) is 3.26. The van der Waals surface area contributed by atoms with Crippen LogP contribution < -0.4 is 4.90 Å². The van der Waals surface area contributed by atoms with Crippen LogP contribution in [0.5, 0.6) is 0 Å². The van der Waals surface area contributed by atoms with E-state index in [0.29, 0.717) is 6.04 Å². The summed E-state index contributed by atoms with van der Waals surface area (Å²) >= 11 is 0. The van der Waals surface area contributed by atoms with Crippen molar-refractivity contribution in [3.8, 4) is 0 Å². The molecule has 3 heterocycles. The highest BCUT2D eigenvalue weighted by Crippen LogP contribution is 2.40. The predicted octanol–water partition coefficient (Wildman–Crippen LogP) is 4.88. The SMILES string of the molecule is c1ccc2c(c1)CCN2C(c1ccc2ncccc2c1)c1nnnn1C1CCCCC1. The Morgan fingerprint density at radius 1 is 0.935 bits per heavy atom. The van der Waals surface area contributed by atoms with Crippen molar-refractivity contribution in [2.24, 2.45) is 0 Å². The molecule has 0 radical (unpaired) electrons. The Morgan fingerprint density at radius 2 is 1.84 bits per heavy atom. The van der Waals surface area contributed by atoms with E-state index in [-0.39, 0.29) is 6.04 Å². The van der Waals surface area contributed by atoms with Gasteiger partial charge in [-0.1, -0.05) is 49.6 Å². The lowest BCUT2D eigenvalue weighted by molar-refractivity contribution is 0.313. The van der Waals surface area contributed by atoms with E-state index < -0.39 is 0 Å². The van der Waals surface area contributed by atoms with E-state index in [0.717, 1.165) is 42.5 Å². The molecule has 6 rings (SSSR count). The number of aromatic nitrogens is 5. The Labute approximate surface area is 181 Å². The molecule has 1 atom stereocenters. The maximum absolute atomic E-state index is 4.61. The first-order chi connectivity index (χ1) is 15.4. The number of para-hydroxylation sites is 1. The van der Waals surface area contributed by atoms with Gasteiger partial charge in [-0.25, -0.2) is 4.68 Å². The zero-order chi connectivity index (χ0) is 20.6. The number of rotatable bonds is 4. The maximum Gasteiger partial charge on any atom is 0.178 e. The van der Waals surface area contributed by atoms with Crippen molar-refractivity contribution >= 4 is 16.6 Å². The highest BCUT2D eigenvalue weighted by molar-refractivity contribution is 5.79. The molecule has 0 N–H and O–H groups in total. The fourth-order valence-electron chi connectivity index (χ4n) is 5.33. The van der Waals surface area contributed by atoms with Gasteiger partial charge in [-0.15, -0.1) is 5.10 Å². The molecular weight excluding hydrogens is 384 g/mol. The van der Waals surface area contributed by atoms with Crippen LogP contribution in [-0.2, 0) is 6.42 Å². The Bertz CT molecular complexity index is 1210. The number of nitrogens with zero attached hydrogens (tertiary/aromatic N) is 6. The fraction of sp³-hybridized carbons (Fsp3) is 0.360. The largest absolute Gasteiger partial charge is 0.357 e. The predicted molar refractivity (Wildman–Crippen MR) is 121 cm³/mol. The summed E-state index contributed by atoms with van der Waals surface area (Å²) in [6.45, 7) is 0.965. The Hall–Kier alpha value is -3.28. The van der Waals surface area contributed by atoms with Crippen LogP contribution in [0, 0.1) is 0 Å². The average molecular weight is 411 g/mol. The smallest absolute Gasteiger partial charge is 0.178 e. The van der Waals surface area contributed by atoms with E-state index in [1.807, 2.05) is 12.3 Å². The highest BCUT2D eigenvalue weighted by Gasteiger charge is 2.34. The third-order valence-electron chi connectivity index (χ3n) is 6.86. The van der Waals surface area contributed by atoms with Crippen molar-refractivity contribution in [1.82, 2.24) is 25.2 Å². The normalized spacial score (nSPS) is 17.7. The van der Waals surface area contributed by atoms with Crippen LogP contribution in [0.3, 0.4) is 0 Å². The van der Waals surface area contributed by atoms with Crippen molar-refractivity contribution in [3.05, 3.63) is 77.7 Å². The van der Waals surface area contributed by atoms with Crippen molar-refractivity contribution < 1.29 is 0 Å². The lowest BCUT2D eigenvalue weighted by Crippen LogP contribution is -2.31. The average Bonchev–Trinajstić information content (AvgIpc) is 3.48. The number of fused-ring (bicyclic) bond motifs is 2. The van der Waals surface area contributed by atoms with E-state index in [1.54, 1.807) is 0 Å². The lowest BCUT2D eigenvalue weighted by Gasteiger charge is -2.32. The standard InChI is InChI=1S/C25H26N6/c1-2-9-21(10-3-1)31-25(27-28-29-31)24(30-16-14-18-7-4-5-11-23(18)30)20-12-13-22-19(17-20)8-6-15-26-22/h4-8,11-13,15,17,21,24H,1-3,9-10,14,16H2. The van der Waals surface area contributed by atoms with Crippen molar-refractivity contribution in [1.29, 1.82) is 0 Å². The molecule has 6 nitrogen and oxygen atoms in total. The van der Waals surface area contributed by atoms with Crippen LogP contribution in [0.25, 0.3) is 10.9 Å². The summed E-state index contributed by atoms with van der Waals surface area (Å²) in [4.78, 5) is 6.99. The van der Waals surface area contributed by atoms with Gasteiger partial charge in [0, 0.05) is 23.8 Å². The van der Waals surface area contributed by atoms with Gasteiger partial charge in [0.15, 0.2) is 5.82 Å². The van der Waals surface area contributed by atoms with Gasteiger partial charge < -0.3 is 4.90 Å². The zero-order valence-electron chi connectivity index (χ0n) is 17.6. The second-order valence-electron chi connectivity index (χ2n) is 8.70. The van der Waals surface area contributed by atoms with Gasteiger partial charge >= 0.3 is 0 Å². The third-order valence-corrected chi connectivity index (χ3v) is 6.86. The summed E-state index contributed by atoms with van der Waals surface area (Å²) in [5.74, 6) is 0.951.